The van der Waals surface area contributed by atoms with Crippen molar-refractivity contribution >= 4 is 5.91 Å². The summed E-state index contributed by atoms with van der Waals surface area (Å²) in [5.74, 6) is 0.203. The zero-order chi connectivity index (χ0) is 16.3. The van der Waals surface area contributed by atoms with Gasteiger partial charge in [0.15, 0.2) is 0 Å². The van der Waals surface area contributed by atoms with Crippen LogP contribution in [0.25, 0.3) is 0 Å². The number of benzene rings is 1. The van der Waals surface area contributed by atoms with E-state index < -0.39 is 0 Å². The number of hydrogen-bond donors (Lipinski definition) is 2. The van der Waals surface area contributed by atoms with Crippen molar-refractivity contribution in [3.05, 3.63) is 35.4 Å². The lowest BCUT2D eigenvalue weighted by Gasteiger charge is -2.27. The van der Waals surface area contributed by atoms with Crippen molar-refractivity contribution in [1.29, 1.82) is 0 Å². The standard InChI is InChI=1S/C19H31N3O/c1-17-7-9-18(10-8-17)5-2-3-6-19(23)21-11-4-14-22-15-12-20-13-16-22/h7-10,20H,2-6,11-16H2,1H3,(H,21,23). The maximum atomic E-state index is 11.8. The summed E-state index contributed by atoms with van der Waals surface area (Å²) in [5, 5.41) is 6.40. The molecule has 4 nitrogen and oxygen atoms in total. The van der Waals surface area contributed by atoms with Gasteiger partial charge in [-0.05, 0) is 44.7 Å². The minimum atomic E-state index is 0.203. The quantitative estimate of drug-likeness (QED) is 0.686. The summed E-state index contributed by atoms with van der Waals surface area (Å²) in [5.41, 5.74) is 2.67. The number of unbranched alkanes of at least 4 members (excludes halogenated alkanes) is 1. The van der Waals surface area contributed by atoms with Crippen LogP contribution >= 0.6 is 0 Å². The molecule has 0 aliphatic carbocycles. The van der Waals surface area contributed by atoms with Crippen LogP contribution in [0.5, 0.6) is 0 Å². The Kier molecular flexibility index (Phi) is 8.12. The smallest absolute Gasteiger partial charge is 0.219 e. The molecule has 1 fully saturated rings. The van der Waals surface area contributed by atoms with Crippen molar-refractivity contribution in [2.24, 2.45) is 0 Å². The van der Waals surface area contributed by atoms with Gasteiger partial charge in [-0.15, -0.1) is 0 Å². The van der Waals surface area contributed by atoms with E-state index in [0.717, 1.165) is 65.0 Å². The molecule has 4 heteroatoms. The van der Waals surface area contributed by atoms with Crippen molar-refractivity contribution in [1.82, 2.24) is 15.5 Å². The average Bonchev–Trinajstić information content (AvgIpc) is 2.58. The first-order valence-electron chi connectivity index (χ1n) is 8.99. The molecule has 1 aliphatic heterocycles. The van der Waals surface area contributed by atoms with E-state index in [9.17, 15) is 4.79 Å². The fourth-order valence-corrected chi connectivity index (χ4v) is 2.92. The number of carbonyl (C=O) groups excluding carboxylic acids is 1. The molecule has 0 bridgehead atoms. The maximum absolute atomic E-state index is 11.8. The van der Waals surface area contributed by atoms with Crippen LogP contribution in [0.3, 0.4) is 0 Å². The van der Waals surface area contributed by atoms with Gasteiger partial charge in [0.2, 0.25) is 5.91 Å². The normalized spacial score (nSPS) is 15.5. The van der Waals surface area contributed by atoms with Gasteiger partial charge in [-0.2, -0.15) is 0 Å². The van der Waals surface area contributed by atoms with Gasteiger partial charge in [0, 0.05) is 39.1 Å². The summed E-state index contributed by atoms with van der Waals surface area (Å²) in [6.07, 6.45) is 4.82. The second kappa shape index (κ2) is 10.4. The summed E-state index contributed by atoms with van der Waals surface area (Å²) in [7, 11) is 0. The van der Waals surface area contributed by atoms with Gasteiger partial charge in [0.1, 0.15) is 0 Å². The number of nitrogens with zero attached hydrogens (tertiary/aromatic N) is 1. The topological polar surface area (TPSA) is 44.4 Å². The highest BCUT2D eigenvalue weighted by Crippen LogP contribution is 2.08. The van der Waals surface area contributed by atoms with E-state index in [4.69, 9.17) is 0 Å². The highest BCUT2D eigenvalue weighted by Gasteiger charge is 2.08. The highest BCUT2D eigenvalue weighted by molar-refractivity contribution is 5.75. The third-order valence-corrected chi connectivity index (χ3v) is 4.42. The van der Waals surface area contributed by atoms with E-state index in [2.05, 4.69) is 46.7 Å². The molecule has 1 aromatic rings. The molecule has 0 unspecified atom stereocenters. The fourth-order valence-electron chi connectivity index (χ4n) is 2.92. The van der Waals surface area contributed by atoms with E-state index in [-0.39, 0.29) is 5.91 Å². The SMILES string of the molecule is Cc1ccc(CCCCC(=O)NCCCN2CCNCC2)cc1. The van der Waals surface area contributed by atoms with Crippen LogP contribution in [0.1, 0.15) is 36.8 Å². The van der Waals surface area contributed by atoms with Gasteiger partial charge >= 0.3 is 0 Å². The Balaban J connectivity index is 1.46. The first kappa shape index (κ1) is 18.0. The van der Waals surface area contributed by atoms with E-state index in [1.165, 1.54) is 11.1 Å². The van der Waals surface area contributed by atoms with E-state index in [1.54, 1.807) is 0 Å². The molecule has 0 atom stereocenters. The lowest BCUT2D eigenvalue weighted by molar-refractivity contribution is -0.121. The van der Waals surface area contributed by atoms with Crippen LogP contribution < -0.4 is 10.6 Å². The summed E-state index contributed by atoms with van der Waals surface area (Å²) in [6.45, 7) is 8.45. The Morgan fingerprint density at radius 3 is 2.61 bits per heavy atom. The number of carbonyl (C=O) groups is 1. The molecule has 1 aromatic carbocycles. The van der Waals surface area contributed by atoms with Crippen LogP contribution in [0.2, 0.25) is 0 Å². The molecule has 0 saturated carbocycles. The predicted molar refractivity (Wildman–Crippen MR) is 95.7 cm³/mol. The van der Waals surface area contributed by atoms with Gasteiger partial charge in [-0.3, -0.25) is 4.79 Å². The number of rotatable bonds is 9. The van der Waals surface area contributed by atoms with Crippen LogP contribution in [-0.4, -0.2) is 50.1 Å². The molecular formula is C19H31N3O. The minimum absolute atomic E-state index is 0.203. The molecule has 128 valence electrons. The molecule has 0 aromatic heterocycles. The molecule has 2 rings (SSSR count). The van der Waals surface area contributed by atoms with Gasteiger partial charge in [-0.25, -0.2) is 0 Å². The number of aryl methyl sites for hydroxylation is 2. The first-order valence-corrected chi connectivity index (χ1v) is 8.99. The summed E-state index contributed by atoms with van der Waals surface area (Å²) in [4.78, 5) is 14.3. The third-order valence-electron chi connectivity index (χ3n) is 4.42. The highest BCUT2D eigenvalue weighted by atomic mass is 16.1. The largest absolute Gasteiger partial charge is 0.356 e. The second-order valence-corrected chi connectivity index (χ2v) is 6.49. The molecule has 1 amide bonds. The van der Waals surface area contributed by atoms with Gasteiger partial charge in [0.25, 0.3) is 0 Å². The van der Waals surface area contributed by atoms with Crippen molar-refractivity contribution in [3.63, 3.8) is 0 Å². The van der Waals surface area contributed by atoms with Crippen molar-refractivity contribution in [2.45, 2.75) is 39.0 Å². The number of nitrogens with one attached hydrogen (secondary N) is 2. The van der Waals surface area contributed by atoms with Crippen molar-refractivity contribution in [2.75, 3.05) is 39.3 Å². The molecule has 0 radical (unpaired) electrons. The number of piperazine rings is 1. The van der Waals surface area contributed by atoms with E-state index >= 15 is 0 Å². The summed E-state index contributed by atoms with van der Waals surface area (Å²) < 4.78 is 0. The number of hydrogen-bond acceptors (Lipinski definition) is 3. The fraction of sp³-hybridized carbons (Fsp3) is 0.632. The zero-order valence-electron chi connectivity index (χ0n) is 14.4. The van der Waals surface area contributed by atoms with Crippen molar-refractivity contribution in [3.8, 4) is 0 Å². The van der Waals surface area contributed by atoms with Crippen molar-refractivity contribution < 1.29 is 4.79 Å². The monoisotopic (exact) mass is 317 g/mol. The molecule has 2 N–H and O–H groups in total. The summed E-state index contributed by atoms with van der Waals surface area (Å²) >= 11 is 0. The molecular weight excluding hydrogens is 286 g/mol. The lowest BCUT2D eigenvalue weighted by Crippen LogP contribution is -2.44. The van der Waals surface area contributed by atoms with Gasteiger partial charge in [0.05, 0.1) is 0 Å². The predicted octanol–water partition coefficient (Wildman–Crippen LogP) is 2.12. The third kappa shape index (κ3) is 7.62. The van der Waals surface area contributed by atoms with Gasteiger partial charge < -0.3 is 15.5 Å². The lowest BCUT2D eigenvalue weighted by atomic mass is 10.1. The Bertz CT molecular complexity index is 452. The second-order valence-electron chi connectivity index (χ2n) is 6.49. The van der Waals surface area contributed by atoms with E-state index in [1.807, 2.05) is 0 Å². The molecule has 1 aliphatic rings. The number of amides is 1. The van der Waals surface area contributed by atoms with Gasteiger partial charge in [-0.1, -0.05) is 29.8 Å². The molecule has 0 spiro atoms. The van der Waals surface area contributed by atoms with E-state index in [0.29, 0.717) is 6.42 Å². The maximum Gasteiger partial charge on any atom is 0.219 e. The Hall–Kier alpha value is -1.39. The minimum Gasteiger partial charge on any atom is -0.356 e. The first-order chi connectivity index (χ1) is 11.2. The van der Waals surface area contributed by atoms with Crippen LogP contribution in [0.15, 0.2) is 24.3 Å². The van der Waals surface area contributed by atoms with Crippen LogP contribution in [-0.2, 0) is 11.2 Å². The molecule has 1 saturated heterocycles. The Morgan fingerprint density at radius 2 is 1.87 bits per heavy atom. The molecule has 23 heavy (non-hydrogen) atoms. The Labute approximate surface area is 140 Å². The van der Waals surface area contributed by atoms with Crippen LogP contribution in [0, 0.1) is 6.92 Å². The van der Waals surface area contributed by atoms with Crippen LogP contribution in [0.4, 0.5) is 0 Å². The summed E-state index contributed by atoms with van der Waals surface area (Å²) in [6, 6.07) is 8.68. The Morgan fingerprint density at radius 1 is 1.13 bits per heavy atom. The zero-order valence-corrected chi connectivity index (χ0v) is 14.4. The molecule has 1 heterocycles. The average molecular weight is 317 g/mol.